The van der Waals surface area contributed by atoms with Crippen LogP contribution in [0.2, 0.25) is 0 Å². The first-order valence-corrected chi connectivity index (χ1v) is 10.6. The number of rotatable bonds is 12. The van der Waals surface area contributed by atoms with Crippen LogP contribution in [-0.4, -0.2) is 45.4 Å². The van der Waals surface area contributed by atoms with E-state index in [9.17, 15) is 13.2 Å². The standard InChI is InChI=1S/C25H30F3NO4/c1-5-6-12-32-22-16-18(2)23(19(3)17-22)33-15-14-31-13-11-20-7-9-21(10-8-20)24(29-30-4)25(26,27)28/h5-10,16-17H,11-15H2,1-4H3/b6-5+,29-24?. The van der Waals surface area contributed by atoms with E-state index in [2.05, 4.69) is 9.99 Å². The van der Waals surface area contributed by atoms with Crippen LogP contribution in [0.3, 0.4) is 0 Å². The molecule has 8 heteroatoms. The van der Waals surface area contributed by atoms with E-state index in [0.29, 0.717) is 32.8 Å². The first kappa shape index (κ1) is 26.3. The highest BCUT2D eigenvalue weighted by Crippen LogP contribution is 2.28. The van der Waals surface area contributed by atoms with E-state index >= 15 is 0 Å². The van der Waals surface area contributed by atoms with Gasteiger partial charge in [0, 0.05) is 5.56 Å². The average Bonchev–Trinajstić information content (AvgIpc) is 2.76. The maximum Gasteiger partial charge on any atom is 0.437 e. The van der Waals surface area contributed by atoms with Gasteiger partial charge in [0.05, 0.1) is 13.2 Å². The van der Waals surface area contributed by atoms with E-state index in [1.54, 1.807) is 12.1 Å². The lowest BCUT2D eigenvalue weighted by molar-refractivity contribution is -0.0608. The fraction of sp³-hybridized carbons (Fsp3) is 0.400. The second kappa shape index (κ2) is 12.9. The molecule has 0 aromatic heterocycles. The van der Waals surface area contributed by atoms with Gasteiger partial charge >= 0.3 is 6.18 Å². The van der Waals surface area contributed by atoms with Crippen molar-refractivity contribution in [3.05, 3.63) is 70.8 Å². The molecule has 0 spiro atoms. The van der Waals surface area contributed by atoms with Crippen LogP contribution in [0, 0.1) is 13.8 Å². The molecule has 0 unspecified atom stereocenters. The topological polar surface area (TPSA) is 49.3 Å². The van der Waals surface area contributed by atoms with E-state index in [4.69, 9.17) is 14.2 Å². The number of allylic oxidation sites excluding steroid dienone is 1. The average molecular weight is 466 g/mol. The first-order chi connectivity index (χ1) is 15.8. The molecule has 0 amide bonds. The van der Waals surface area contributed by atoms with E-state index in [0.717, 1.165) is 35.3 Å². The van der Waals surface area contributed by atoms with Gasteiger partial charge in [0.25, 0.3) is 0 Å². The predicted molar refractivity (Wildman–Crippen MR) is 122 cm³/mol. The quantitative estimate of drug-likeness (QED) is 0.172. The molecule has 0 saturated heterocycles. The van der Waals surface area contributed by atoms with Gasteiger partial charge in [-0.3, -0.25) is 0 Å². The third-order valence-corrected chi connectivity index (χ3v) is 4.70. The maximum absolute atomic E-state index is 13.0. The molecule has 0 aliphatic carbocycles. The van der Waals surface area contributed by atoms with Gasteiger partial charge in [0.15, 0.2) is 5.71 Å². The van der Waals surface area contributed by atoms with Gasteiger partial charge in [-0.2, -0.15) is 13.2 Å². The fourth-order valence-corrected chi connectivity index (χ4v) is 3.15. The summed E-state index contributed by atoms with van der Waals surface area (Å²) in [5.74, 6) is 1.61. The minimum Gasteiger partial charge on any atom is -0.491 e. The molecule has 2 rings (SSSR count). The summed E-state index contributed by atoms with van der Waals surface area (Å²) in [6.45, 7) is 7.62. The number of nitrogens with zero attached hydrogens (tertiary/aromatic N) is 1. The van der Waals surface area contributed by atoms with Crippen LogP contribution in [0.15, 0.2) is 53.7 Å². The van der Waals surface area contributed by atoms with Gasteiger partial charge in [-0.15, -0.1) is 0 Å². The van der Waals surface area contributed by atoms with Crippen LogP contribution >= 0.6 is 0 Å². The minimum absolute atomic E-state index is 0.0496. The summed E-state index contributed by atoms with van der Waals surface area (Å²) in [6, 6.07) is 9.88. The summed E-state index contributed by atoms with van der Waals surface area (Å²) >= 11 is 0. The second-order valence-electron chi connectivity index (χ2n) is 7.29. The lowest BCUT2D eigenvalue weighted by Gasteiger charge is -2.14. The Labute approximate surface area is 192 Å². The molecule has 0 bridgehead atoms. The fourth-order valence-electron chi connectivity index (χ4n) is 3.15. The molecule has 0 atom stereocenters. The van der Waals surface area contributed by atoms with Crippen molar-refractivity contribution in [2.45, 2.75) is 33.4 Å². The van der Waals surface area contributed by atoms with Gasteiger partial charge in [-0.25, -0.2) is 0 Å². The lowest BCUT2D eigenvalue weighted by atomic mass is 10.1. The van der Waals surface area contributed by atoms with Crippen molar-refractivity contribution in [1.29, 1.82) is 0 Å². The Bertz CT molecular complexity index is 915. The van der Waals surface area contributed by atoms with Crippen molar-refractivity contribution in [2.75, 3.05) is 33.5 Å². The zero-order chi connectivity index (χ0) is 24.3. The zero-order valence-electron chi connectivity index (χ0n) is 19.4. The zero-order valence-corrected chi connectivity index (χ0v) is 19.4. The monoisotopic (exact) mass is 465 g/mol. The Hall–Kier alpha value is -3.00. The first-order valence-electron chi connectivity index (χ1n) is 10.6. The Morgan fingerprint density at radius 3 is 2.21 bits per heavy atom. The van der Waals surface area contributed by atoms with Gasteiger partial charge in [-0.05, 0) is 56.0 Å². The summed E-state index contributed by atoms with van der Waals surface area (Å²) < 4.78 is 56.2. The van der Waals surface area contributed by atoms with Crippen molar-refractivity contribution in [1.82, 2.24) is 0 Å². The smallest absolute Gasteiger partial charge is 0.437 e. The van der Waals surface area contributed by atoms with Crippen LogP contribution in [0.25, 0.3) is 0 Å². The Balaban J connectivity index is 1.77. The highest BCUT2D eigenvalue weighted by molar-refractivity contribution is 6.04. The van der Waals surface area contributed by atoms with Crippen molar-refractivity contribution >= 4 is 5.71 Å². The number of hydrogen-bond donors (Lipinski definition) is 0. The second-order valence-corrected chi connectivity index (χ2v) is 7.29. The Morgan fingerprint density at radius 1 is 0.970 bits per heavy atom. The van der Waals surface area contributed by atoms with Crippen LogP contribution in [0.5, 0.6) is 11.5 Å². The Morgan fingerprint density at radius 2 is 1.64 bits per heavy atom. The molecule has 0 N–H and O–H groups in total. The molecular weight excluding hydrogens is 435 g/mol. The Kier molecular flexibility index (Phi) is 10.3. The summed E-state index contributed by atoms with van der Waals surface area (Å²) in [7, 11) is 1.08. The van der Waals surface area contributed by atoms with Crippen LogP contribution < -0.4 is 9.47 Å². The van der Waals surface area contributed by atoms with Gasteiger partial charge < -0.3 is 19.0 Å². The van der Waals surface area contributed by atoms with E-state index < -0.39 is 11.9 Å². The number of hydrogen-bond acceptors (Lipinski definition) is 5. The highest BCUT2D eigenvalue weighted by atomic mass is 19.4. The molecule has 0 heterocycles. The third-order valence-electron chi connectivity index (χ3n) is 4.70. The van der Waals surface area contributed by atoms with Crippen molar-refractivity contribution < 1.29 is 32.2 Å². The summed E-state index contributed by atoms with van der Waals surface area (Å²) in [6.07, 6.45) is -0.138. The molecule has 0 fully saturated rings. The largest absolute Gasteiger partial charge is 0.491 e. The molecule has 5 nitrogen and oxygen atoms in total. The molecule has 0 aliphatic heterocycles. The molecule has 0 aliphatic rings. The summed E-state index contributed by atoms with van der Waals surface area (Å²) in [4.78, 5) is 4.32. The van der Waals surface area contributed by atoms with Crippen molar-refractivity contribution in [3.8, 4) is 11.5 Å². The molecule has 0 radical (unpaired) electrons. The van der Waals surface area contributed by atoms with E-state index in [1.165, 1.54) is 12.1 Å². The van der Waals surface area contributed by atoms with Gasteiger partial charge in [-0.1, -0.05) is 41.6 Å². The van der Waals surface area contributed by atoms with Crippen molar-refractivity contribution in [3.63, 3.8) is 0 Å². The molecule has 2 aromatic rings. The number of halogens is 3. The number of benzene rings is 2. The van der Waals surface area contributed by atoms with Crippen molar-refractivity contribution in [2.24, 2.45) is 5.16 Å². The predicted octanol–water partition coefficient (Wildman–Crippen LogP) is 5.81. The number of alkyl halides is 3. The molecule has 33 heavy (non-hydrogen) atoms. The highest BCUT2D eigenvalue weighted by Gasteiger charge is 2.37. The summed E-state index contributed by atoms with van der Waals surface area (Å²) in [5.41, 5.74) is 1.72. The number of oxime groups is 1. The van der Waals surface area contributed by atoms with Gasteiger partial charge in [0.2, 0.25) is 0 Å². The minimum atomic E-state index is -4.59. The lowest BCUT2D eigenvalue weighted by Crippen LogP contribution is -2.24. The van der Waals surface area contributed by atoms with E-state index in [-0.39, 0.29) is 5.56 Å². The molecule has 0 saturated carbocycles. The maximum atomic E-state index is 13.0. The summed E-state index contributed by atoms with van der Waals surface area (Å²) in [5, 5.41) is 3.09. The van der Waals surface area contributed by atoms with Gasteiger partial charge in [0.1, 0.15) is 31.8 Å². The molecular formula is C25H30F3NO4. The molecule has 2 aromatic carbocycles. The van der Waals surface area contributed by atoms with E-state index in [1.807, 2.05) is 45.1 Å². The normalized spacial score (nSPS) is 12.3. The van der Waals surface area contributed by atoms with Crippen LogP contribution in [0.1, 0.15) is 29.2 Å². The third kappa shape index (κ3) is 8.46. The number of ether oxygens (including phenoxy) is 3. The van der Waals surface area contributed by atoms with Crippen LogP contribution in [-0.2, 0) is 16.0 Å². The molecule has 180 valence electrons. The van der Waals surface area contributed by atoms with Crippen LogP contribution in [0.4, 0.5) is 13.2 Å². The number of aryl methyl sites for hydroxylation is 2. The SMILES string of the molecule is C/C=C/COc1cc(C)c(OCCOCCc2ccc(C(=NOC)C(F)(F)F)cc2)c(C)c1.